The molecule has 1 N–H and O–H groups in total. The molecule has 4 rings (SSSR count). The molecule has 0 unspecified atom stereocenters. The van der Waals surface area contributed by atoms with Crippen LogP contribution in [0.3, 0.4) is 0 Å². The number of rotatable bonds is 7. The van der Waals surface area contributed by atoms with Gasteiger partial charge in [-0.3, -0.25) is 9.59 Å². The molecular formula is C22H28N4O3S. The molecule has 30 heavy (non-hydrogen) atoms. The first-order valence-electron chi connectivity index (χ1n) is 10.7. The van der Waals surface area contributed by atoms with E-state index in [1.54, 1.807) is 10.3 Å². The maximum Gasteiger partial charge on any atom is 0.276 e. The van der Waals surface area contributed by atoms with Crippen molar-refractivity contribution >= 4 is 23.3 Å². The summed E-state index contributed by atoms with van der Waals surface area (Å²) in [7, 11) is 0. The Bertz CT molecular complexity index is 844. The quantitative estimate of drug-likeness (QED) is 0.732. The summed E-state index contributed by atoms with van der Waals surface area (Å²) in [6, 6.07) is 7.26. The van der Waals surface area contributed by atoms with Crippen LogP contribution in [0, 0.1) is 6.92 Å². The Balaban J connectivity index is 1.67. The van der Waals surface area contributed by atoms with Crippen LogP contribution in [-0.2, 0) is 9.53 Å². The van der Waals surface area contributed by atoms with E-state index in [0.717, 1.165) is 61.2 Å². The van der Waals surface area contributed by atoms with Gasteiger partial charge in [0, 0.05) is 24.6 Å². The SMILES string of the molecule is Cc1ccc([C@H](C(=O)NC2CCCC2)N(C[C@@H]2CCCO2)C(=O)c2csnn2)cc1. The third kappa shape index (κ3) is 4.87. The van der Waals surface area contributed by atoms with Gasteiger partial charge in [0.15, 0.2) is 5.69 Å². The fraction of sp³-hybridized carbons (Fsp3) is 0.545. The molecule has 2 heterocycles. The van der Waals surface area contributed by atoms with Gasteiger partial charge in [-0.15, -0.1) is 5.10 Å². The van der Waals surface area contributed by atoms with Crippen molar-refractivity contribution in [2.45, 2.75) is 63.6 Å². The van der Waals surface area contributed by atoms with Crippen molar-refractivity contribution in [1.82, 2.24) is 19.8 Å². The largest absolute Gasteiger partial charge is 0.376 e. The van der Waals surface area contributed by atoms with Gasteiger partial charge in [-0.1, -0.05) is 47.2 Å². The van der Waals surface area contributed by atoms with Gasteiger partial charge in [-0.25, -0.2) is 0 Å². The molecule has 1 saturated carbocycles. The van der Waals surface area contributed by atoms with Crippen LogP contribution in [0.4, 0.5) is 0 Å². The summed E-state index contributed by atoms with van der Waals surface area (Å²) in [5.74, 6) is -0.424. The first-order valence-corrected chi connectivity index (χ1v) is 11.5. The molecule has 160 valence electrons. The van der Waals surface area contributed by atoms with Crippen LogP contribution < -0.4 is 5.32 Å². The zero-order valence-corrected chi connectivity index (χ0v) is 18.1. The van der Waals surface area contributed by atoms with Gasteiger partial charge in [-0.2, -0.15) is 0 Å². The van der Waals surface area contributed by atoms with Crippen molar-refractivity contribution in [2.75, 3.05) is 13.2 Å². The summed E-state index contributed by atoms with van der Waals surface area (Å²) in [5, 5.41) is 8.79. The lowest BCUT2D eigenvalue weighted by Crippen LogP contribution is -2.48. The maximum atomic E-state index is 13.5. The Kier molecular flexibility index (Phi) is 6.74. The van der Waals surface area contributed by atoms with Crippen LogP contribution >= 0.6 is 11.5 Å². The van der Waals surface area contributed by atoms with Crippen LogP contribution in [0.5, 0.6) is 0 Å². The molecule has 1 aromatic carbocycles. The Morgan fingerprint density at radius 2 is 1.97 bits per heavy atom. The van der Waals surface area contributed by atoms with Crippen molar-refractivity contribution in [2.24, 2.45) is 0 Å². The fourth-order valence-corrected chi connectivity index (χ4v) is 4.72. The highest BCUT2D eigenvalue weighted by molar-refractivity contribution is 7.03. The number of aryl methyl sites for hydroxylation is 1. The minimum absolute atomic E-state index is 0.0761. The highest BCUT2D eigenvalue weighted by Gasteiger charge is 2.36. The van der Waals surface area contributed by atoms with Crippen molar-refractivity contribution < 1.29 is 14.3 Å². The van der Waals surface area contributed by atoms with E-state index < -0.39 is 6.04 Å². The van der Waals surface area contributed by atoms with Crippen molar-refractivity contribution in [3.05, 3.63) is 46.5 Å². The summed E-state index contributed by atoms with van der Waals surface area (Å²) >= 11 is 1.13. The fourth-order valence-electron chi connectivity index (χ4n) is 4.29. The van der Waals surface area contributed by atoms with Gasteiger partial charge in [0.2, 0.25) is 5.91 Å². The van der Waals surface area contributed by atoms with E-state index >= 15 is 0 Å². The van der Waals surface area contributed by atoms with E-state index in [4.69, 9.17) is 4.74 Å². The predicted octanol–water partition coefficient (Wildman–Crippen LogP) is 3.27. The van der Waals surface area contributed by atoms with E-state index in [0.29, 0.717) is 13.2 Å². The molecule has 2 atom stereocenters. The zero-order valence-electron chi connectivity index (χ0n) is 17.3. The molecule has 1 saturated heterocycles. The number of benzene rings is 1. The van der Waals surface area contributed by atoms with Gasteiger partial charge in [-0.05, 0) is 49.7 Å². The summed E-state index contributed by atoms with van der Waals surface area (Å²) in [6.45, 7) is 3.05. The lowest BCUT2D eigenvalue weighted by molar-refractivity contribution is -0.127. The van der Waals surface area contributed by atoms with Gasteiger partial charge >= 0.3 is 0 Å². The number of nitrogens with zero attached hydrogens (tertiary/aromatic N) is 3. The molecule has 8 heteroatoms. The zero-order chi connectivity index (χ0) is 20.9. The standard InChI is InChI=1S/C22H28N4O3S/c1-15-8-10-16(11-9-15)20(21(27)23-17-5-2-3-6-17)26(13-18-7-4-12-29-18)22(28)19-14-30-25-24-19/h8-11,14,17-18,20H,2-7,12-13H2,1H3,(H,23,27)/t18-,20+/m0/s1. The minimum atomic E-state index is -0.732. The Morgan fingerprint density at radius 1 is 1.20 bits per heavy atom. The summed E-state index contributed by atoms with van der Waals surface area (Å²) in [5.41, 5.74) is 2.17. The van der Waals surface area contributed by atoms with E-state index in [2.05, 4.69) is 14.9 Å². The van der Waals surface area contributed by atoms with Crippen LogP contribution in [0.2, 0.25) is 0 Å². The molecule has 1 aliphatic heterocycles. The lowest BCUT2D eigenvalue weighted by atomic mass is 10.0. The second-order valence-electron chi connectivity index (χ2n) is 8.19. The second-order valence-corrected chi connectivity index (χ2v) is 8.80. The van der Waals surface area contributed by atoms with E-state index in [1.807, 2.05) is 31.2 Å². The first-order chi connectivity index (χ1) is 14.6. The number of ether oxygens (including phenoxy) is 1. The third-order valence-electron chi connectivity index (χ3n) is 5.92. The first kappa shape index (κ1) is 20.9. The number of hydrogen-bond donors (Lipinski definition) is 1. The number of aromatic nitrogens is 2. The molecule has 2 aromatic rings. The normalized spacial score (nSPS) is 20.2. The monoisotopic (exact) mass is 428 g/mol. The van der Waals surface area contributed by atoms with Crippen molar-refractivity contribution in [3.8, 4) is 0 Å². The van der Waals surface area contributed by atoms with Gasteiger partial charge < -0.3 is 15.0 Å². The number of carbonyl (C=O) groups excluding carboxylic acids is 2. The summed E-state index contributed by atoms with van der Waals surface area (Å²) in [6.07, 6.45) is 6.00. The van der Waals surface area contributed by atoms with E-state index in [9.17, 15) is 9.59 Å². The number of nitrogens with one attached hydrogen (secondary N) is 1. The molecular weight excluding hydrogens is 400 g/mol. The lowest BCUT2D eigenvalue weighted by Gasteiger charge is -2.33. The van der Waals surface area contributed by atoms with Crippen LogP contribution in [-0.4, -0.2) is 51.6 Å². The Morgan fingerprint density at radius 3 is 2.60 bits per heavy atom. The molecule has 2 fully saturated rings. The number of carbonyl (C=O) groups is 2. The Hall–Kier alpha value is -2.32. The Labute approximate surface area is 181 Å². The summed E-state index contributed by atoms with van der Waals surface area (Å²) in [4.78, 5) is 28.5. The smallest absolute Gasteiger partial charge is 0.276 e. The molecule has 1 aromatic heterocycles. The molecule has 2 aliphatic rings. The van der Waals surface area contributed by atoms with Crippen LogP contribution in [0.1, 0.15) is 66.2 Å². The van der Waals surface area contributed by atoms with Crippen molar-refractivity contribution in [3.63, 3.8) is 0 Å². The average molecular weight is 429 g/mol. The number of amides is 2. The minimum Gasteiger partial charge on any atom is -0.376 e. The van der Waals surface area contributed by atoms with Gasteiger partial charge in [0.05, 0.1) is 6.10 Å². The topological polar surface area (TPSA) is 84.4 Å². The van der Waals surface area contributed by atoms with Crippen molar-refractivity contribution in [1.29, 1.82) is 0 Å². The maximum absolute atomic E-state index is 13.5. The molecule has 0 radical (unpaired) electrons. The summed E-state index contributed by atoms with van der Waals surface area (Å²) < 4.78 is 9.65. The average Bonchev–Trinajstić information content (AvgIpc) is 3.52. The third-order valence-corrected chi connectivity index (χ3v) is 6.42. The molecule has 7 nitrogen and oxygen atoms in total. The van der Waals surface area contributed by atoms with E-state index in [1.165, 1.54) is 0 Å². The van der Waals surface area contributed by atoms with Gasteiger partial charge in [0.25, 0.3) is 5.91 Å². The molecule has 2 amide bonds. The van der Waals surface area contributed by atoms with Gasteiger partial charge in [0.1, 0.15) is 6.04 Å². The predicted molar refractivity (Wildman–Crippen MR) is 114 cm³/mol. The van der Waals surface area contributed by atoms with Crippen LogP contribution in [0.25, 0.3) is 0 Å². The second kappa shape index (κ2) is 9.66. The molecule has 0 bridgehead atoms. The molecule has 0 spiro atoms. The molecule has 1 aliphatic carbocycles. The highest BCUT2D eigenvalue weighted by Crippen LogP contribution is 2.28. The highest BCUT2D eigenvalue weighted by atomic mass is 32.1. The number of hydrogen-bond acceptors (Lipinski definition) is 6. The van der Waals surface area contributed by atoms with E-state index in [-0.39, 0.29) is 29.7 Å². The van der Waals surface area contributed by atoms with Crippen LogP contribution in [0.15, 0.2) is 29.6 Å².